The van der Waals surface area contributed by atoms with E-state index in [0.717, 1.165) is 25.0 Å². The Morgan fingerprint density at radius 2 is 1.17 bits per heavy atom. The molecule has 0 aliphatic carbocycles. The Morgan fingerprint density at radius 1 is 0.739 bits per heavy atom. The molecule has 1 unspecified atom stereocenters. The Hall–Kier alpha value is 0.920. The third-order valence-corrected chi connectivity index (χ3v) is 8.42. The van der Waals surface area contributed by atoms with E-state index in [1.54, 1.807) is 0 Å². The lowest BCUT2D eigenvalue weighted by Crippen LogP contribution is -1.92. The van der Waals surface area contributed by atoms with Gasteiger partial charge in [-0.1, -0.05) is 102 Å². The van der Waals surface area contributed by atoms with Crippen molar-refractivity contribution in [3.05, 3.63) is 0 Å². The number of hydrogen-bond acceptors (Lipinski definition) is 3. The molecule has 0 spiro atoms. The quantitative estimate of drug-likeness (QED) is 0.197. The molecule has 0 aliphatic rings. The fraction of sp³-hybridized carbons (Fsp3) is 1.00. The Kier molecular flexibility index (Phi) is 18.4. The summed E-state index contributed by atoms with van der Waals surface area (Å²) in [4.78, 5) is 9.98. The minimum absolute atomic E-state index is 0.629. The number of hydrogen-bond donors (Lipinski definition) is 1. The molecule has 0 heterocycles. The Bertz CT molecular complexity index is 288. The molecule has 0 aliphatic heterocycles. The summed E-state index contributed by atoms with van der Waals surface area (Å²) in [5, 5.41) is 0. The van der Waals surface area contributed by atoms with E-state index in [4.69, 9.17) is 16.3 Å². The molecule has 2 nitrogen and oxygen atoms in total. The molecule has 0 amide bonds. The lowest BCUT2D eigenvalue weighted by molar-refractivity contribution is 0.307. The van der Waals surface area contributed by atoms with Crippen LogP contribution in [0.3, 0.4) is 0 Å². The topological polar surface area (TPSA) is 29.5 Å². The largest absolute Gasteiger partial charge is 0.337 e. The van der Waals surface area contributed by atoms with Crippen LogP contribution < -0.4 is 0 Å². The summed E-state index contributed by atoms with van der Waals surface area (Å²) in [6.45, 7) is 5.05. The van der Waals surface area contributed by atoms with Crippen molar-refractivity contribution in [3.63, 3.8) is 0 Å². The zero-order valence-electron chi connectivity index (χ0n) is 15.4. The van der Waals surface area contributed by atoms with Crippen molar-refractivity contribution < 1.29 is 9.42 Å². The maximum atomic E-state index is 9.98. The third kappa shape index (κ3) is 19.1. The molecule has 1 N–H and O–H groups in total. The molecule has 0 aromatic carbocycles. The molecule has 0 fully saturated rings. The molecular formula is C18H39O2PS2. The molecule has 0 aromatic rings. The van der Waals surface area contributed by atoms with Crippen LogP contribution in [0.4, 0.5) is 0 Å². The van der Waals surface area contributed by atoms with Crippen LogP contribution in [0.5, 0.6) is 0 Å². The molecule has 5 heteroatoms. The van der Waals surface area contributed by atoms with Crippen LogP contribution in [0.15, 0.2) is 0 Å². The summed E-state index contributed by atoms with van der Waals surface area (Å²) in [6, 6.07) is 0. The first-order valence-corrected chi connectivity index (χ1v) is 14.0. The van der Waals surface area contributed by atoms with Gasteiger partial charge in [0.15, 0.2) is 0 Å². The predicted molar refractivity (Wildman–Crippen MR) is 111 cm³/mol. The van der Waals surface area contributed by atoms with E-state index >= 15 is 0 Å². The van der Waals surface area contributed by atoms with Crippen LogP contribution in [0, 0.1) is 0 Å². The van der Waals surface area contributed by atoms with Gasteiger partial charge in [-0.25, -0.2) is 0 Å². The van der Waals surface area contributed by atoms with E-state index in [1.165, 1.54) is 82.0 Å². The van der Waals surface area contributed by atoms with Crippen molar-refractivity contribution in [1.29, 1.82) is 0 Å². The maximum Gasteiger partial charge on any atom is 0.244 e. The first-order valence-electron chi connectivity index (χ1n) is 9.74. The Balaban J connectivity index is 3.22. The summed E-state index contributed by atoms with van der Waals surface area (Å²) in [6.07, 6.45) is 18.3. The van der Waals surface area contributed by atoms with Crippen LogP contribution in [-0.4, -0.2) is 17.3 Å². The van der Waals surface area contributed by atoms with Crippen molar-refractivity contribution in [2.24, 2.45) is 0 Å². The third-order valence-electron chi connectivity index (χ3n) is 4.00. The van der Waals surface area contributed by atoms with Gasteiger partial charge < -0.3 is 9.42 Å². The highest BCUT2D eigenvalue weighted by molar-refractivity contribution is 8.67. The van der Waals surface area contributed by atoms with Crippen molar-refractivity contribution >= 4 is 28.9 Å². The lowest BCUT2D eigenvalue weighted by Gasteiger charge is -2.14. The highest BCUT2D eigenvalue weighted by atomic mass is 32.9. The zero-order valence-corrected chi connectivity index (χ0v) is 18.0. The minimum atomic E-state index is -2.55. The molecular weight excluding hydrogens is 343 g/mol. The molecule has 0 bridgehead atoms. The van der Waals surface area contributed by atoms with E-state index < -0.39 is 5.69 Å². The summed E-state index contributed by atoms with van der Waals surface area (Å²) >= 11 is 6.60. The van der Waals surface area contributed by atoms with Gasteiger partial charge in [0, 0.05) is 5.75 Å². The van der Waals surface area contributed by atoms with Crippen LogP contribution in [0.1, 0.15) is 104 Å². The smallest absolute Gasteiger partial charge is 0.244 e. The van der Waals surface area contributed by atoms with Gasteiger partial charge in [0.2, 0.25) is 5.69 Å². The van der Waals surface area contributed by atoms with Crippen LogP contribution in [0.25, 0.3) is 0 Å². The molecule has 140 valence electrons. The monoisotopic (exact) mass is 382 g/mol. The van der Waals surface area contributed by atoms with Gasteiger partial charge in [-0.2, -0.15) is 0 Å². The minimum Gasteiger partial charge on any atom is -0.337 e. The highest BCUT2D eigenvalue weighted by Gasteiger charge is 2.13. The van der Waals surface area contributed by atoms with Gasteiger partial charge in [0.1, 0.15) is 0 Å². The maximum absolute atomic E-state index is 9.98. The van der Waals surface area contributed by atoms with Gasteiger partial charge >= 0.3 is 0 Å². The van der Waals surface area contributed by atoms with Gasteiger partial charge in [0.05, 0.1) is 6.61 Å². The fourth-order valence-corrected chi connectivity index (χ4v) is 5.99. The normalized spacial score (nSPS) is 14.0. The summed E-state index contributed by atoms with van der Waals surface area (Å²) in [5.41, 5.74) is -2.55. The Morgan fingerprint density at radius 3 is 1.65 bits per heavy atom. The standard InChI is InChI=1S/C18H39O2PS2/c1-3-5-7-8-9-10-11-12-13-14-15-16-17-20-21(19,22)23-18-6-4-2/h3-18H2,1-2H3,(H,19,22). The Labute approximate surface area is 154 Å². The molecule has 1 atom stereocenters. The van der Waals surface area contributed by atoms with Crippen LogP contribution >= 0.6 is 17.1 Å². The van der Waals surface area contributed by atoms with Gasteiger partial charge in [-0.15, -0.1) is 0 Å². The summed E-state index contributed by atoms with van der Waals surface area (Å²) in [5.74, 6) is 0.919. The lowest BCUT2D eigenvalue weighted by atomic mass is 10.1. The predicted octanol–water partition coefficient (Wildman–Crippen LogP) is 7.45. The average Bonchev–Trinajstić information content (AvgIpc) is 2.52. The second kappa shape index (κ2) is 17.7. The van der Waals surface area contributed by atoms with E-state index in [1.807, 2.05) is 0 Å². The van der Waals surface area contributed by atoms with Gasteiger partial charge in [0.25, 0.3) is 0 Å². The van der Waals surface area contributed by atoms with Crippen molar-refractivity contribution in [2.75, 3.05) is 12.4 Å². The van der Waals surface area contributed by atoms with Crippen molar-refractivity contribution in [1.82, 2.24) is 0 Å². The van der Waals surface area contributed by atoms with Gasteiger partial charge in [-0.05, 0) is 24.6 Å². The van der Waals surface area contributed by atoms with Crippen LogP contribution in [0.2, 0.25) is 0 Å². The fourth-order valence-electron chi connectivity index (χ4n) is 2.48. The van der Waals surface area contributed by atoms with E-state index in [9.17, 15) is 4.89 Å². The molecule has 23 heavy (non-hydrogen) atoms. The SMILES string of the molecule is CCCCCCCCCCCCCCOP(O)(=S)SCCCC. The van der Waals surface area contributed by atoms with E-state index in [2.05, 4.69) is 13.8 Å². The van der Waals surface area contributed by atoms with Crippen molar-refractivity contribution in [3.8, 4) is 0 Å². The van der Waals surface area contributed by atoms with Crippen LogP contribution in [-0.2, 0) is 16.3 Å². The van der Waals surface area contributed by atoms with Gasteiger partial charge in [-0.3, -0.25) is 0 Å². The first-order chi connectivity index (χ1) is 11.1. The number of rotatable bonds is 18. The molecule has 0 aromatic heterocycles. The molecule has 0 saturated carbocycles. The summed E-state index contributed by atoms with van der Waals surface area (Å²) in [7, 11) is 0. The van der Waals surface area contributed by atoms with Crippen molar-refractivity contribution in [2.45, 2.75) is 104 Å². The highest BCUT2D eigenvalue weighted by Crippen LogP contribution is 2.56. The first kappa shape index (κ1) is 23.9. The molecule has 0 radical (unpaired) electrons. The second-order valence-electron chi connectivity index (χ2n) is 6.38. The second-order valence-corrected chi connectivity index (χ2v) is 12.7. The number of unbranched alkanes of at least 4 members (excludes halogenated alkanes) is 12. The zero-order chi connectivity index (χ0) is 17.2. The molecule has 0 rings (SSSR count). The van der Waals surface area contributed by atoms with E-state index in [0.29, 0.717) is 6.61 Å². The summed E-state index contributed by atoms with van der Waals surface area (Å²) < 4.78 is 5.51. The molecule has 0 saturated heterocycles. The average molecular weight is 383 g/mol. The van der Waals surface area contributed by atoms with E-state index in [-0.39, 0.29) is 0 Å².